The van der Waals surface area contributed by atoms with Gasteiger partial charge in [-0.05, 0) is 60.3 Å². The second-order valence-electron chi connectivity index (χ2n) is 9.24. The van der Waals surface area contributed by atoms with Crippen LogP contribution in [0.25, 0.3) is 58.8 Å². The second-order valence-corrected chi connectivity index (χ2v) is 10.3. The Morgan fingerprint density at radius 1 is 0.730 bits per heavy atom. The standard InChI is InChI=1S/C33H21N3S/c1-35-20-22-11-15-31-28(16-22)25-7-3-5-9-30(25)36(31)29-8-4-2-6-24(29)23-12-14-27-26-13-10-21(19-34)17-32(26)37-33(27)18-23/h2-18H,1,20H2. The van der Waals surface area contributed by atoms with Crippen LogP contribution in [0, 0.1) is 11.3 Å². The lowest BCUT2D eigenvalue weighted by Gasteiger charge is -2.14. The Morgan fingerprint density at radius 3 is 2.35 bits per heavy atom. The number of nitriles is 1. The van der Waals surface area contributed by atoms with Gasteiger partial charge in [-0.1, -0.05) is 60.7 Å². The lowest BCUT2D eigenvalue weighted by atomic mass is 10.0. The van der Waals surface area contributed by atoms with Crippen molar-refractivity contribution in [3.63, 3.8) is 0 Å². The summed E-state index contributed by atoms with van der Waals surface area (Å²) >= 11 is 1.74. The summed E-state index contributed by atoms with van der Waals surface area (Å²) in [5.74, 6) is 0. The number of thiophene rings is 1. The summed E-state index contributed by atoms with van der Waals surface area (Å²) in [6, 6.07) is 38.7. The maximum Gasteiger partial charge on any atom is 0.0992 e. The third-order valence-electron chi connectivity index (χ3n) is 7.09. The third-order valence-corrected chi connectivity index (χ3v) is 8.21. The SMILES string of the molecule is C=NCc1ccc2c(c1)c1ccccc1n2-c1ccccc1-c1ccc2c(c1)sc1cc(C#N)ccc12. The van der Waals surface area contributed by atoms with Crippen molar-refractivity contribution in [2.75, 3.05) is 0 Å². The largest absolute Gasteiger partial charge is 0.309 e. The molecule has 0 aliphatic heterocycles. The zero-order chi connectivity index (χ0) is 24.9. The molecule has 4 heteroatoms. The van der Waals surface area contributed by atoms with Crippen LogP contribution >= 0.6 is 11.3 Å². The molecule has 0 N–H and O–H groups in total. The van der Waals surface area contributed by atoms with Crippen molar-refractivity contribution in [2.45, 2.75) is 6.54 Å². The summed E-state index contributed by atoms with van der Waals surface area (Å²) in [6.45, 7) is 4.28. The lowest BCUT2D eigenvalue weighted by molar-refractivity contribution is 1.09. The van der Waals surface area contributed by atoms with E-state index >= 15 is 0 Å². The Labute approximate surface area is 218 Å². The van der Waals surface area contributed by atoms with Gasteiger partial charge in [-0.15, -0.1) is 11.3 Å². The zero-order valence-electron chi connectivity index (χ0n) is 20.0. The average molecular weight is 492 g/mol. The number of aliphatic imine (C=N–C) groups is 1. The molecule has 0 aliphatic rings. The van der Waals surface area contributed by atoms with E-state index in [1.165, 1.54) is 48.4 Å². The smallest absolute Gasteiger partial charge is 0.0992 e. The van der Waals surface area contributed by atoms with Gasteiger partial charge in [0.1, 0.15) is 0 Å². The van der Waals surface area contributed by atoms with Crippen molar-refractivity contribution in [3.05, 3.63) is 114 Å². The molecule has 0 amide bonds. The molecule has 3 nitrogen and oxygen atoms in total. The van der Waals surface area contributed by atoms with E-state index in [0.29, 0.717) is 12.1 Å². The molecule has 7 aromatic rings. The monoisotopic (exact) mass is 491 g/mol. The Balaban J connectivity index is 1.47. The number of hydrogen-bond donors (Lipinski definition) is 0. The molecule has 7 rings (SSSR count). The molecule has 0 saturated heterocycles. The highest BCUT2D eigenvalue weighted by molar-refractivity contribution is 7.25. The van der Waals surface area contributed by atoms with E-state index in [-0.39, 0.29) is 0 Å². The topological polar surface area (TPSA) is 41.1 Å². The molecule has 174 valence electrons. The van der Waals surface area contributed by atoms with Crippen LogP contribution in [0.4, 0.5) is 0 Å². The fourth-order valence-corrected chi connectivity index (χ4v) is 6.62. The van der Waals surface area contributed by atoms with Gasteiger partial charge in [-0.3, -0.25) is 4.99 Å². The van der Waals surface area contributed by atoms with E-state index in [2.05, 4.69) is 113 Å². The third kappa shape index (κ3) is 3.36. The van der Waals surface area contributed by atoms with Crippen LogP contribution in [0.3, 0.4) is 0 Å². The molecule has 2 heterocycles. The molecule has 0 fully saturated rings. The Hall–Kier alpha value is -4.72. The normalized spacial score (nSPS) is 11.4. The first-order valence-corrected chi connectivity index (χ1v) is 13.0. The maximum absolute atomic E-state index is 9.32. The van der Waals surface area contributed by atoms with Crippen LogP contribution in [0.1, 0.15) is 11.1 Å². The van der Waals surface area contributed by atoms with Crippen LogP contribution in [0.2, 0.25) is 0 Å². The van der Waals surface area contributed by atoms with Gasteiger partial charge in [-0.2, -0.15) is 5.26 Å². The molecular formula is C33H21N3S. The van der Waals surface area contributed by atoms with Crippen LogP contribution in [-0.4, -0.2) is 11.3 Å². The first kappa shape index (κ1) is 21.6. The van der Waals surface area contributed by atoms with Gasteiger partial charge in [0.05, 0.1) is 34.9 Å². The van der Waals surface area contributed by atoms with Gasteiger partial charge >= 0.3 is 0 Å². The van der Waals surface area contributed by atoms with Crippen molar-refractivity contribution < 1.29 is 0 Å². The minimum atomic E-state index is 0.608. The Morgan fingerprint density at radius 2 is 1.49 bits per heavy atom. The quantitative estimate of drug-likeness (QED) is 0.227. The highest BCUT2D eigenvalue weighted by atomic mass is 32.1. The van der Waals surface area contributed by atoms with Gasteiger partial charge in [0.2, 0.25) is 0 Å². The number of rotatable bonds is 4. The van der Waals surface area contributed by atoms with E-state index in [0.717, 1.165) is 16.0 Å². The second kappa shape index (κ2) is 8.44. The molecule has 0 unspecified atom stereocenters. The molecule has 2 aromatic heterocycles. The molecule has 37 heavy (non-hydrogen) atoms. The average Bonchev–Trinajstić information content (AvgIpc) is 3.47. The summed E-state index contributed by atoms with van der Waals surface area (Å²) in [4.78, 5) is 4.09. The highest BCUT2D eigenvalue weighted by Gasteiger charge is 2.16. The number of aromatic nitrogens is 1. The summed E-state index contributed by atoms with van der Waals surface area (Å²) in [6.07, 6.45) is 0. The lowest BCUT2D eigenvalue weighted by Crippen LogP contribution is -1.97. The molecule has 0 aliphatic carbocycles. The molecular weight excluding hydrogens is 470 g/mol. The number of benzene rings is 5. The molecule has 5 aromatic carbocycles. The van der Waals surface area contributed by atoms with Crippen LogP contribution in [0.15, 0.2) is 108 Å². The minimum Gasteiger partial charge on any atom is -0.309 e. The number of hydrogen-bond acceptors (Lipinski definition) is 3. The van der Waals surface area contributed by atoms with Gasteiger partial charge < -0.3 is 4.57 Å². The maximum atomic E-state index is 9.32. The molecule has 0 atom stereocenters. The number of fused-ring (bicyclic) bond motifs is 6. The summed E-state index contributed by atoms with van der Waals surface area (Å²) < 4.78 is 4.74. The van der Waals surface area contributed by atoms with E-state index in [1.54, 1.807) is 11.3 Å². The van der Waals surface area contributed by atoms with E-state index < -0.39 is 0 Å². The van der Waals surface area contributed by atoms with Crippen molar-refractivity contribution in [2.24, 2.45) is 4.99 Å². The van der Waals surface area contributed by atoms with Gasteiger partial charge in [0, 0.05) is 36.5 Å². The number of para-hydroxylation sites is 2. The molecule has 0 saturated carbocycles. The van der Waals surface area contributed by atoms with Gasteiger partial charge in [0.25, 0.3) is 0 Å². The van der Waals surface area contributed by atoms with Crippen molar-refractivity contribution >= 4 is 60.0 Å². The predicted molar refractivity (Wildman–Crippen MR) is 157 cm³/mol. The fraction of sp³-hybridized carbons (Fsp3) is 0.0303. The van der Waals surface area contributed by atoms with Crippen LogP contribution < -0.4 is 0 Å². The first-order valence-electron chi connectivity index (χ1n) is 12.2. The number of nitrogens with zero attached hydrogens (tertiary/aromatic N) is 3. The summed E-state index contributed by atoms with van der Waals surface area (Å²) in [7, 11) is 0. The fourth-order valence-electron chi connectivity index (χ4n) is 5.43. The van der Waals surface area contributed by atoms with Crippen LogP contribution in [0.5, 0.6) is 0 Å². The molecule has 0 spiro atoms. The van der Waals surface area contributed by atoms with E-state index in [9.17, 15) is 5.26 Å². The van der Waals surface area contributed by atoms with Crippen LogP contribution in [-0.2, 0) is 6.54 Å². The van der Waals surface area contributed by atoms with Crippen molar-refractivity contribution in [3.8, 4) is 22.9 Å². The highest BCUT2D eigenvalue weighted by Crippen LogP contribution is 2.40. The van der Waals surface area contributed by atoms with Crippen molar-refractivity contribution in [1.82, 2.24) is 4.57 Å². The summed E-state index contributed by atoms with van der Waals surface area (Å²) in [5, 5.41) is 14.2. The summed E-state index contributed by atoms with van der Waals surface area (Å²) in [5.41, 5.74) is 7.72. The van der Waals surface area contributed by atoms with Gasteiger partial charge in [-0.25, -0.2) is 0 Å². The van der Waals surface area contributed by atoms with E-state index in [4.69, 9.17) is 0 Å². The zero-order valence-corrected chi connectivity index (χ0v) is 20.8. The van der Waals surface area contributed by atoms with Crippen molar-refractivity contribution in [1.29, 1.82) is 5.26 Å². The Bertz CT molecular complexity index is 2050. The molecule has 0 radical (unpaired) electrons. The minimum absolute atomic E-state index is 0.608. The van der Waals surface area contributed by atoms with E-state index in [1.807, 2.05) is 12.1 Å². The van der Waals surface area contributed by atoms with Gasteiger partial charge in [0.15, 0.2) is 0 Å². The Kier molecular flexibility index (Phi) is 4.92. The molecule has 0 bridgehead atoms. The first-order chi connectivity index (χ1) is 18.2. The predicted octanol–water partition coefficient (Wildman–Crippen LogP) is 8.89.